The van der Waals surface area contributed by atoms with Gasteiger partial charge in [-0.15, -0.1) is 0 Å². The average Bonchev–Trinajstić information content (AvgIpc) is 3.43. The molecule has 0 aliphatic carbocycles. The molecule has 1 fully saturated rings. The van der Waals surface area contributed by atoms with Gasteiger partial charge in [0.1, 0.15) is 17.2 Å². The zero-order valence-electron chi connectivity index (χ0n) is 16.8. The molecule has 6 nitrogen and oxygen atoms in total. The quantitative estimate of drug-likeness (QED) is 0.399. The average molecular weight is 412 g/mol. The Morgan fingerprint density at radius 1 is 0.935 bits per heavy atom. The second-order valence-electron chi connectivity index (χ2n) is 8.06. The van der Waals surface area contributed by atoms with Gasteiger partial charge in [-0.3, -0.25) is 10.1 Å². The van der Waals surface area contributed by atoms with E-state index in [4.69, 9.17) is 0 Å². The van der Waals surface area contributed by atoms with Crippen molar-refractivity contribution in [3.8, 4) is 22.5 Å². The van der Waals surface area contributed by atoms with Crippen molar-refractivity contribution in [3.63, 3.8) is 0 Å². The van der Waals surface area contributed by atoms with Gasteiger partial charge in [0, 0.05) is 28.6 Å². The number of pyridine rings is 2. The van der Waals surface area contributed by atoms with Crippen LogP contribution < -0.4 is 5.32 Å². The van der Waals surface area contributed by atoms with Crippen LogP contribution in [0.3, 0.4) is 0 Å². The van der Waals surface area contributed by atoms with Gasteiger partial charge in [-0.25, -0.2) is 9.37 Å². The van der Waals surface area contributed by atoms with E-state index in [0.29, 0.717) is 5.92 Å². The van der Waals surface area contributed by atoms with Crippen molar-refractivity contribution in [1.29, 1.82) is 0 Å². The van der Waals surface area contributed by atoms with E-state index in [2.05, 4.69) is 42.6 Å². The lowest BCUT2D eigenvalue weighted by molar-refractivity contribution is 0.453. The molecule has 0 atom stereocenters. The van der Waals surface area contributed by atoms with Crippen LogP contribution >= 0.6 is 0 Å². The summed E-state index contributed by atoms with van der Waals surface area (Å²) in [6.45, 7) is 2.06. The molecule has 6 rings (SSSR count). The summed E-state index contributed by atoms with van der Waals surface area (Å²) in [7, 11) is 0. The molecule has 154 valence electrons. The van der Waals surface area contributed by atoms with E-state index in [0.717, 1.165) is 76.1 Å². The van der Waals surface area contributed by atoms with Gasteiger partial charge < -0.3 is 10.3 Å². The maximum absolute atomic E-state index is 13.4. The van der Waals surface area contributed by atoms with E-state index < -0.39 is 0 Å². The number of hydrogen-bond acceptors (Lipinski definition) is 4. The molecule has 1 aromatic carbocycles. The largest absolute Gasteiger partial charge is 0.338 e. The van der Waals surface area contributed by atoms with Crippen LogP contribution in [0, 0.1) is 5.82 Å². The van der Waals surface area contributed by atoms with E-state index in [9.17, 15) is 4.39 Å². The number of rotatable bonds is 3. The Morgan fingerprint density at radius 3 is 2.61 bits per heavy atom. The van der Waals surface area contributed by atoms with E-state index in [1.54, 1.807) is 18.3 Å². The van der Waals surface area contributed by atoms with Crippen molar-refractivity contribution in [2.75, 3.05) is 13.1 Å². The first kappa shape index (κ1) is 18.2. The third kappa shape index (κ3) is 3.18. The minimum atomic E-state index is -0.245. The Hall–Kier alpha value is -3.58. The molecular formula is C24H21FN6. The Bertz CT molecular complexity index is 1380. The van der Waals surface area contributed by atoms with Crippen LogP contribution in [-0.2, 0) is 0 Å². The van der Waals surface area contributed by atoms with Crippen LogP contribution in [0.5, 0.6) is 0 Å². The number of benzene rings is 1. The summed E-state index contributed by atoms with van der Waals surface area (Å²) in [6.07, 6.45) is 5.85. The summed E-state index contributed by atoms with van der Waals surface area (Å²) in [6, 6.07) is 12.7. The molecule has 0 saturated carbocycles. The fourth-order valence-electron chi connectivity index (χ4n) is 4.51. The number of aromatic amines is 2. The number of halogens is 1. The highest BCUT2D eigenvalue weighted by Crippen LogP contribution is 2.34. The lowest BCUT2D eigenvalue weighted by Gasteiger charge is -2.22. The number of nitrogens with one attached hydrogen (secondary N) is 3. The maximum Gasteiger partial charge on any atom is 0.138 e. The second kappa shape index (κ2) is 7.28. The molecule has 0 bridgehead atoms. The van der Waals surface area contributed by atoms with Crippen molar-refractivity contribution in [2.24, 2.45) is 0 Å². The Balaban J connectivity index is 1.46. The van der Waals surface area contributed by atoms with Gasteiger partial charge in [0.15, 0.2) is 0 Å². The van der Waals surface area contributed by atoms with Crippen LogP contribution in [0.1, 0.15) is 24.5 Å². The van der Waals surface area contributed by atoms with Gasteiger partial charge in [0.2, 0.25) is 0 Å². The molecule has 31 heavy (non-hydrogen) atoms. The number of nitrogens with zero attached hydrogens (tertiary/aromatic N) is 3. The van der Waals surface area contributed by atoms with Crippen molar-refractivity contribution in [2.45, 2.75) is 18.8 Å². The number of aromatic nitrogens is 5. The van der Waals surface area contributed by atoms with E-state index in [-0.39, 0.29) is 5.82 Å². The van der Waals surface area contributed by atoms with Gasteiger partial charge in [-0.2, -0.15) is 5.10 Å². The monoisotopic (exact) mass is 412 g/mol. The van der Waals surface area contributed by atoms with Crippen LogP contribution in [0.25, 0.3) is 44.5 Å². The molecule has 0 radical (unpaired) electrons. The summed E-state index contributed by atoms with van der Waals surface area (Å²) in [5.74, 6) is 0.229. The van der Waals surface area contributed by atoms with Gasteiger partial charge in [-0.05, 0) is 67.4 Å². The first-order valence-electron chi connectivity index (χ1n) is 10.5. The summed E-state index contributed by atoms with van der Waals surface area (Å²) in [5.41, 5.74) is 6.52. The Kier molecular flexibility index (Phi) is 4.28. The predicted molar refractivity (Wildman–Crippen MR) is 119 cm³/mol. The lowest BCUT2D eigenvalue weighted by atomic mass is 9.93. The van der Waals surface area contributed by atoms with Crippen molar-refractivity contribution >= 4 is 21.9 Å². The highest BCUT2D eigenvalue weighted by Gasteiger charge is 2.19. The van der Waals surface area contributed by atoms with Crippen molar-refractivity contribution in [1.82, 2.24) is 30.5 Å². The summed E-state index contributed by atoms with van der Waals surface area (Å²) < 4.78 is 13.4. The highest BCUT2D eigenvalue weighted by molar-refractivity contribution is 5.99. The zero-order chi connectivity index (χ0) is 20.8. The number of piperidine rings is 1. The molecular weight excluding hydrogens is 391 g/mol. The topological polar surface area (TPSA) is 82.3 Å². The molecule has 5 heterocycles. The maximum atomic E-state index is 13.4. The third-order valence-corrected chi connectivity index (χ3v) is 6.17. The molecule has 3 N–H and O–H groups in total. The van der Waals surface area contributed by atoms with E-state index >= 15 is 0 Å². The molecule has 1 saturated heterocycles. The summed E-state index contributed by atoms with van der Waals surface area (Å²) in [4.78, 5) is 12.6. The molecule has 1 aliphatic rings. The van der Waals surface area contributed by atoms with Gasteiger partial charge in [0.25, 0.3) is 0 Å². The lowest BCUT2D eigenvalue weighted by Crippen LogP contribution is -2.27. The first-order chi connectivity index (χ1) is 15.3. The summed E-state index contributed by atoms with van der Waals surface area (Å²) >= 11 is 0. The number of hydrogen-bond donors (Lipinski definition) is 3. The zero-order valence-corrected chi connectivity index (χ0v) is 16.8. The van der Waals surface area contributed by atoms with Crippen LogP contribution in [0.4, 0.5) is 4.39 Å². The third-order valence-electron chi connectivity index (χ3n) is 6.17. The van der Waals surface area contributed by atoms with Crippen molar-refractivity contribution < 1.29 is 4.39 Å². The van der Waals surface area contributed by atoms with E-state index in [1.807, 2.05) is 12.3 Å². The number of fused-ring (bicyclic) bond motifs is 2. The minimum absolute atomic E-state index is 0.245. The molecule has 0 unspecified atom stereocenters. The Morgan fingerprint density at radius 2 is 1.77 bits per heavy atom. The van der Waals surface area contributed by atoms with Crippen LogP contribution in [0.2, 0.25) is 0 Å². The highest BCUT2D eigenvalue weighted by atomic mass is 19.1. The predicted octanol–water partition coefficient (Wildman–Crippen LogP) is 4.77. The van der Waals surface area contributed by atoms with Crippen LogP contribution in [0.15, 0.2) is 54.9 Å². The smallest absolute Gasteiger partial charge is 0.138 e. The fraction of sp³-hybridized carbons (Fsp3) is 0.208. The standard InChI is InChI=1S/C24H21FN6/c25-16-3-1-14(2-4-16)17-7-10-27-24-18(17)11-21(29-24)23-19-12-20(15-5-8-26-9-6-15)28-13-22(19)30-31-23/h1-4,7,10-13,15,26H,5-6,8-9H2,(H,27,29)(H,30,31). The van der Waals surface area contributed by atoms with Gasteiger partial charge >= 0.3 is 0 Å². The van der Waals surface area contributed by atoms with Gasteiger partial charge in [0.05, 0.1) is 17.4 Å². The second-order valence-corrected chi connectivity index (χ2v) is 8.06. The minimum Gasteiger partial charge on any atom is -0.338 e. The first-order valence-corrected chi connectivity index (χ1v) is 10.5. The van der Waals surface area contributed by atoms with E-state index in [1.165, 1.54) is 12.1 Å². The fourth-order valence-corrected chi connectivity index (χ4v) is 4.51. The Labute approximate surface area is 177 Å². The molecule has 0 amide bonds. The molecule has 0 spiro atoms. The van der Waals surface area contributed by atoms with Gasteiger partial charge in [-0.1, -0.05) is 12.1 Å². The normalized spacial score (nSPS) is 15.1. The van der Waals surface area contributed by atoms with Crippen LogP contribution in [-0.4, -0.2) is 38.2 Å². The number of H-pyrrole nitrogens is 2. The molecule has 5 aromatic rings. The molecule has 4 aromatic heterocycles. The summed E-state index contributed by atoms with van der Waals surface area (Å²) in [5, 5.41) is 13.1. The molecule has 7 heteroatoms. The van der Waals surface area contributed by atoms with Crippen molar-refractivity contribution in [3.05, 3.63) is 66.4 Å². The SMILES string of the molecule is Fc1ccc(-c2ccnc3[nH]c(-c4n[nH]c5cnc(C6CCNCC6)cc45)cc23)cc1. The molecule has 1 aliphatic heterocycles.